The number of fused-ring (bicyclic) bond motifs is 13. The molecule has 0 aliphatic rings. The van der Waals surface area contributed by atoms with E-state index in [2.05, 4.69) is 133 Å². The molecular formula is C46H24O2S2. The van der Waals surface area contributed by atoms with Gasteiger partial charge in [-0.2, -0.15) is 0 Å². The highest BCUT2D eigenvalue weighted by Gasteiger charge is 2.25. The Morgan fingerprint density at radius 1 is 0.400 bits per heavy atom. The van der Waals surface area contributed by atoms with E-state index < -0.39 is 0 Å². The standard InChI is InChI=1S/C46H24O2S2/c1-3-13-29-27(11-1)41(33-17-9-16-31-34-24-39-25(20-21-49-39)22-40(34)50-46(31)33)28-12-2-4-14-30(28)42(29)36-23-35-26-10-5-7-18-37(26)47-44(35)43-32-15-6-8-19-38(32)48-45(36)43/h1-24H. The Morgan fingerprint density at radius 2 is 1.00 bits per heavy atom. The monoisotopic (exact) mass is 672 g/mol. The van der Waals surface area contributed by atoms with Gasteiger partial charge in [0, 0.05) is 57.7 Å². The maximum atomic E-state index is 6.81. The quantitative estimate of drug-likeness (QED) is 0.171. The molecule has 0 aliphatic carbocycles. The van der Waals surface area contributed by atoms with E-state index in [1.807, 2.05) is 34.8 Å². The third-order valence-corrected chi connectivity index (χ3v) is 12.6. The summed E-state index contributed by atoms with van der Waals surface area (Å²) in [6.07, 6.45) is 0. The van der Waals surface area contributed by atoms with Crippen molar-refractivity contribution in [3.63, 3.8) is 0 Å². The Bertz CT molecular complexity index is 3330. The van der Waals surface area contributed by atoms with Crippen LogP contribution in [0.1, 0.15) is 0 Å². The highest BCUT2D eigenvalue weighted by Crippen LogP contribution is 2.51. The second-order valence-electron chi connectivity index (χ2n) is 13.1. The molecule has 0 spiro atoms. The first-order valence-electron chi connectivity index (χ1n) is 16.8. The van der Waals surface area contributed by atoms with Crippen molar-refractivity contribution in [1.82, 2.24) is 0 Å². The molecule has 2 nitrogen and oxygen atoms in total. The highest BCUT2D eigenvalue weighted by atomic mass is 32.1. The third kappa shape index (κ3) is 3.51. The third-order valence-electron chi connectivity index (χ3n) is 10.5. The lowest BCUT2D eigenvalue weighted by atomic mass is 9.85. The van der Waals surface area contributed by atoms with Crippen LogP contribution in [0.2, 0.25) is 0 Å². The molecular weight excluding hydrogens is 649 g/mol. The van der Waals surface area contributed by atoms with Gasteiger partial charge in [-0.1, -0.05) is 103 Å². The Hall–Kier alpha value is -5.94. The molecule has 12 rings (SSSR count). The molecule has 0 atom stereocenters. The molecule has 0 saturated carbocycles. The zero-order valence-electron chi connectivity index (χ0n) is 26.5. The number of hydrogen-bond acceptors (Lipinski definition) is 4. The Morgan fingerprint density at radius 3 is 1.74 bits per heavy atom. The second-order valence-corrected chi connectivity index (χ2v) is 15.1. The average Bonchev–Trinajstić information content (AvgIpc) is 3.95. The summed E-state index contributed by atoms with van der Waals surface area (Å²) in [4.78, 5) is 0. The molecule has 0 saturated heterocycles. The van der Waals surface area contributed by atoms with Crippen molar-refractivity contribution < 1.29 is 8.83 Å². The number of benzene rings is 8. The summed E-state index contributed by atoms with van der Waals surface area (Å²) in [6, 6.07) is 50.6. The van der Waals surface area contributed by atoms with Crippen LogP contribution in [-0.2, 0) is 0 Å². The van der Waals surface area contributed by atoms with Crippen LogP contribution < -0.4 is 0 Å². The second kappa shape index (κ2) is 9.82. The maximum Gasteiger partial charge on any atom is 0.147 e. The molecule has 4 heteroatoms. The van der Waals surface area contributed by atoms with Crippen LogP contribution in [0.4, 0.5) is 0 Å². The molecule has 0 aliphatic heterocycles. The molecule has 0 radical (unpaired) electrons. The topological polar surface area (TPSA) is 26.3 Å². The molecule has 8 aromatic carbocycles. The van der Waals surface area contributed by atoms with Crippen molar-refractivity contribution in [3.8, 4) is 22.3 Å². The summed E-state index contributed by atoms with van der Waals surface area (Å²) in [5.74, 6) is 0. The molecule has 232 valence electrons. The fourth-order valence-electron chi connectivity index (χ4n) is 8.41. The van der Waals surface area contributed by atoms with Gasteiger partial charge in [0.25, 0.3) is 0 Å². The molecule has 0 N–H and O–H groups in total. The van der Waals surface area contributed by atoms with E-state index in [1.165, 1.54) is 68.5 Å². The molecule has 0 fully saturated rings. The van der Waals surface area contributed by atoms with E-state index in [9.17, 15) is 0 Å². The van der Waals surface area contributed by atoms with Crippen LogP contribution >= 0.6 is 22.7 Å². The Labute approximate surface area is 293 Å². The van der Waals surface area contributed by atoms with Crippen LogP contribution in [0.3, 0.4) is 0 Å². The predicted molar refractivity (Wildman–Crippen MR) is 215 cm³/mol. The Balaban J connectivity index is 1.25. The zero-order valence-corrected chi connectivity index (χ0v) is 28.1. The van der Waals surface area contributed by atoms with Crippen LogP contribution in [0.5, 0.6) is 0 Å². The van der Waals surface area contributed by atoms with Gasteiger partial charge in [-0.15, -0.1) is 22.7 Å². The fraction of sp³-hybridized carbons (Fsp3) is 0. The summed E-state index contributed by atoms with van der Waals surface area (Å²) >= 11 is 3.72. The summed E-state index contributed by atoms with van der Waals surface area (Å²) < 4.78 is 17.4. The molecule has 4 heterocycles. The van der Waals surface area contributed by atoms with E-state index in [0.29, 0.717) is 0 Å². The van der Waals surface area contributed by atoms with E-state index in [0.717, 1.165) is 49.4 Å². The molecule has 0 bridgehead atoms. The first kappa shape index (κ1) is 26.9. The highest BCUT2D eigenvalue weighted by molar-refractivity contribution is 7.26. The lowest BCUT2D eigenvalue weighted by molar-refractivity contribution is 0.663. The molecule has 50 heavy (non-hydrogen) atoms. The van der Waals surface area contributed by atoms with Crippen LogP contribution in [0, 0.1) is 0 Å². The van der Waals surface area contributed by atoms with Gasteiger partial charge in [-0.05, 0) is 74.3 Å². The van der Waals surface area contributed by atoms with Crippen molar-refractivity contribution in [3.05, 3.63) is 145 Å². The summed E-state index contributed by atoms with van der Waals surface area (Å²) in [7, 11) is 0. The lowest BCUT2D eigenvalue weighted by Crippen LogP contribution is -1.91. The largest absolute Gasteiger partial charge is 0.455 e. The van der Waals surface area contributed by atoms with Crippen molar-refractivity contribution in [2.75, 3.05) is 0 Å². The van der Waals surface area contributed by atoms with E-state index >= 15 is 0 Å². The predicted octanol–water partition coefficient (Wildman–Crippen LogP) is 14.7. The van der Waals surface area contributed by atoms with Crippen molar-refractivity contribution in [2.45, 2.75) is 0 Å². The lowest BCUT2D eigenvalue weighted by Gasteiger charge is -2.18. The van der Waals surface area contributed by atoms with Gasteiger partial charge in [-0.25, -0.2) is 0 Å². The smallest absolute Gasteiger partial charge is 0.147 e. The minimum Gasteiger partial charge on any atom is -0.455 e. The molecule has 12 aromatic rings. The molecule has 0 unspecified atom stereocenters. The summed E-state index contributed by atoms with van der Waals surface area (Å²) in [5, 5.41) is 15.3. The van der Waals surface area contributed by atoms with Crippen LogP contribution in [-0.4, -0.2) is 0 Å². The van der Waals surface area contributed by atoms with Gasteiger partial charge >= 0.3 is 0 Å². The van der Waals surface area contributed by atoms with E-state index in [-0.39, 0.29) is 0 Å². The van der Waals surface area contributed by atoms with Gasteiger partial charge in [0.05, 0.1) is 5.39 Å². The first-order valence-corrected chi connectivity index (χ1v) is 18.5. The van der Waals surface area contributed by atoms with Crippen LogP contribution in [0.15, 0.2) is 154 Å². The fourth-order valence-corrected chi connectivity index (χ4v) is 10.5. The number of para-hydroxylation sites is 2. The van der Waals surface area contributed by atoms with Gasteiger partial charge in [0.15, 0.2) is 0 Å². The SMILES string of the molecule is c1ccc2c(c1)oc1c2cc(-c2c3ccccc3c(-c3cccc4c3sc3cc5ccsc5cc34)c3ccccc23)c2oc3ccccc3c21. The van der Waals surface area contributed by atoms with Crippen molar-refractivity contribution in [1.29, 1.82) is 0 Å². The van der Waals surface area contributed by atoms with E-state index in [4.69, 9.17) is 8.83 Å². The molecule has 0 amide bonds. The summed E-state index contributed by atoms with van der Waals surface area (Å²) in [6.45, 7) is 0. The van der Waals surface area contributed by atoms with Gasteiger partial charge in [0.1, 0.15) is 22.3 Å². The van der Waals surface area contributed by atoms with Crippen molar-refractivity contribution in [2.24, 2.45) is 0 Å². The van der Waals surface area contributed by atoms with E-state index in [1.54, 1.807) is 0 Å². The minimum atomic E-state index is 0.854. The average molecular weight is 673 g/mol. The number of hydrogen-bond donors (Lipinski definition) is 0. The van der Waals surface area contributed by atoms with Crippen LogP contribution in [0.25, 0.3) is 118 Å². The molecule has 4 aromatic heterocycles. The van der Waals surface area contributed by atoms with Gasteiger partial charge in [-0.3, -0.25) is 0 Å². The number of thiophene rings is 2. The number of rotatable bonds is 2. The minimum absolute atomic E-state index is 0.854. The van der Waals surface area contributed by atoms with Gasteiger partial charge < -0.3 is 8.83 Å². The van der Waals surface area contributed by atoms with Crippen molar-refractivity contribution >= 4 is 118 Å². The van der Waals surface area contributed by atoms with Gasteiger partial charge in [0.2, 0.25) is 0 Å². The normalized spacial score (nSPS) is 12.4. The Kier molecular flexibility index (Phi) is 5.29. The first-order chi connectivity index (χ1) is 24.8. The number of furan rings is 2. The summed E-state index contributed by atoms with van der Waals surface area (Å²) in [5.41, 5.74) is 8.27. The maximum absolute atomic E-state index is 6.81. The zero-order chi connectivity index (χ0) is 32.5.